The molecule has 2 rings (SSSR count). The maximum absolute atomic E-state index is 11.8. The zero-order valence-electron chi connectivity index (χ0n) is 7.57. The topological polar surface area (TPSA) is 61.5 Å². The molecule has 3 atom stereocenters. The van der Waals surface area contributed by atoms with Crippen molar-refractivity contribution in [2.45, 2.75) is 12.5 Å². The zero-order valence-corrected chi connectivity index (χ0v) is 7.57. The summed E-state index contributed by atoms with van der Waals surface area (Å²) in [5, 5.41) is 0. The van der Waals surface area contributed by atoms with Crippen molar-refractivity contribution in [3.8, 4) is 0 Å². The number of hydrogen-bond donors (Lipinski definition) is 1. The lowest BCUT2D eigenvalue weighted by molar-refractivity contribution is -0.127. The van der Waals surface area contributed by atoms with E-state index in [2.05, 4.69) is 0 Å². The molecule has 4 nitrogen and oxygen atoms in total. The molecular weight excluding hydrogens is 170 g/mol. The maximum Gasteiger partial charge on any atom is 0.145 e. The first-order chi connectivity index (χ1) is 6.29. The van der Waals surface area contributed by atoms with E-state index in [1.807, 2.05) is 0 Å². The molecule has 2 saturated heterocycles. The van der Waals surface area contributed by atoms with Gasteiger partial charge in [0.15, 0.2) is 0 Å². The summed E-state index contributed by atoms with van der Waals surface area (Å²) < 4.78 is 10.3. The van der Waals surface area contributed by atoms with Crippen LogP contribution < -0.4 is 5.73 Å². The summed E-state index contributed by atoms with van der Waals surface area (Å²) in [6.07, 6.45) is 0.849. The van der Waals surface area contributed by atoms with E-state index in [0.29, 0.717) is 26.4 Å². The number of ketones is 1. The summed E-state index contributed by atoms with van der Waals surface area (Å²) in [5.74, 6) is 0.215. The van der Waals surface area contributed by atoms with Gasteiger partial charge < -0.3 is 15.2 Å². The first-order valence-electron chi connectivity index (χ1n) is 4.74. The van der Waals surface area contributed by atoms with Crippen LogP contribution in [0.3, 0.4) is 0 Å². The summed E-state index contributed by atoms with van der Waals surface area (Å²) >= 11 is 0. The number of rotatable bonds is 2. The number of Topliss-reactive ketones (excluding diaryl/α,β-unsaturated/α-hetero) is 1. The van der Waals surface area contributed by atoms with Gasteiger partial charge in [0.25, 0.3) is 0 Å². The first kappa shape index (κ1) is 9.12. The Morgan fingerprint density at radius 1 is 1.23 bits per heavy atom. The fourth-order valence-electron chi connectivity index (χ4n) is 1.93. The fourth-order valence-corrected chi connectivity index (χ4v) is 1.93. The van der Waals surface area contributed by atoms with E-state index in [9.17, 15) is 4.79 Å². The molecule has 2 aliphatic heterocycles. The molecule has 13 heavy (non-hydrogen) atoms. The van der Waals surface area contributed by atoms with Crippen LogP contribution in [0, 0.1) is 11.8 Å². The highest BCUT2D eigenvalue weighted by Gasteiger charge is 2.36. The van der Waals surface area contributed by atoms with Crippen molar-refractivity contribution < 1.29 is 14.3 Å². The van der Waals surface area contributed by atoms with Gasteiger partial charge in [-0.15, -0.1) is 0 Å². The van der Waals surface area contributed by atoms with E-state index in [0.717, 1.165) is 6.42 Å². The highest BCUT2D eigenvalue weighted by atomic mass is 16.5. The quantitative estimate of drug-likeness (QED) is 0.634. The third-order valence-corrected chi connectivity index (χ3v) is 2.82. The van der Waals surface area contributed by atoms with Crippen LogP contribution in [0.15, 0.2) is 0 Å². The molecule has 0 aromatic rings. The smallest absolute Gasteiger partial charge is 0.145 e. The van der Waals surface area contributed by atoms with Crippen LogP contribution in [0.4, 0.5) is 0 Å². The van der Waals surface area contributed by atoms with Crippen molar-refractivity contribution in [3.63, 3.8) is 0 Å². The second-order valence-electron chi connectivity index (χ2n) is 3.77. The maximum atomic E-state index is 11.8. The van der Waals surface area contributed by atoms with Crippen LogP contribution in [0.1, 0.15) is 6.42 Å². The number of ether oxygens (including phenoxy) is 2. The monoisotopic (exact) mass is 185 g/mol. The molecule has 2 fully saturated rings. The van der Waals surface area contributed by atoms with Crippen LogP contribution in [-0.2, 0) is 14.3 Å². The van der Waals surface area contributed by atoms with Crippen molar-refractivity contribution >= 4 is 5.78 Å². The standard InChI is InChI=1S/C9H15NO3/c10-8-5-13-4-7(8)9(11)6-1-2-12-3-6/h6-8H,1-5,10H2. The number of hydrogen-bond acceptors (Lipinski definition) is 4. The van der Waals surface area contributed by atoms with E-state index >= 15 is 0 Å². The predicted octanol–water partition coefficient (Wildman–Crippen LogP) is -0.434. The Morgan fingerprint density at radius 3 is 2.62 bits per heavy atom. The van der Waals surface area contributed by atoms with Crippen LogP contribution in [0.25, 0.3) is 0 Å². The second-order valence-corrected chi connectivity index (χ2v) is 3.77. The zero-order chi connectivity index (χ0) is 9.26. The third-order valence-electron chi connectivity index (χ3n) is 2.82. The summed E-state index contributed by atoms with van der Waals surface area (Å²) in [5.41, 5.74) is 5.76. The molecule has 0 aromatic carbocycles. The third kappa shape index (κ3) is 1.75. The Morgan fingerprint density at radius 2 is 2.08 bits per heavy atom. The van der Waals surface area contributed by atoms with Crippen molar-refractivity contribution in [1.29, 1.82) is 0 Å². The minimum atomic E-state index is -0.104. The van der Waals surface area contributed by atoms with Crippen molar-refractivity contribution in [2.75, 3.05) is 26.4 Å². The minimum absolute atomic E-state index is 0.0674. The lowest BCUT2D eigenvalue weighted by Gasteiger charge is -2.15. The molecule has 2 heterocycles. The van der Waals surface area contributed by atoms with E-state index in [-0.39, 0.29) is 23.7 Å². The van der Waals surface area contributed by atoms with E-state index in [4.69, 9.17) is 15.2 Å². The SMILES string of the molecule is NC1COCC1C(=O)C1CCOC1. The van der Waals surface area contributed by atoms with Crippen LogP contribution >= 0.6 is 0 Å². The molecule has 2 aliphatic rings. The highest BCUT2D eigenvalue weighted by molar-refractivity contribution is 5.84. The first-order valence-corrected chi connectivity index (χ1v) is 4.74. The number of carbonyl (C=O) groups is 1. The molecule has 4 heteroatoms. The van der Waals surface area contributed by atoms with Gasteiger partial charge >= 0.3 is 0 Å². The van der Waals surface area contributed by atoms with Gasteiger partial charge in [0, 0.05) is 18.6 Å². The average molecular weight is 185 g/mol. The summed E-state index contributed by atoms with van der Waals surface area (Å²) in [6.45, 7) is 2.29. The molecule has 3 unspecified atom stereocenters. The van der Waals surface area contributed by atoms with Gasteiger partial charge in [-0.1, -0.05) is 0 Å². The molecule has 0 aliphatic carbocycles. The Hall–Kier alpha value is -0.450. The summed E-state index contributed by atoms with van der Waals surface area (Å²) in [6, 6.07) is -0.104. The van der Waals surface area contributed by atoms with Crippen LogP contribution in [0.2, 0.25) is 0 Å². The van der Waals surface area contributed by atoms with Crippen LogP contribution in [0.5, 0.6) is 0 Å². The van der Waals surface area contributed by atoms with Gasteiger partial charge in [-0.2, -0.15) is 0 Å². The van der Waals surface area contributed by atoms with Gasteiger partial charge in [0.1, 0.15) is 5.78 Å². The largest absolute Gasteiger partial charge is 0.381 e. The Balaban J connectivity index is 1.95. The van der Waals surface area contributed by atoms with Crippen molar-refractivity contribution in [1.82, 2.24) is 0 Å². The molecular formula is C9H15NO3. The molecule has 0 bridgehead atoms. The molecule has 0 saturated carbocycles. The van der Waals surface area contributed by atoms with Crippen molar-refractivity contribution in [3.05, 3.63) is 0 Å². The second kappa shape index (κ2) is 3.74. The van der Waals surface area contributed by atoms with Gasteiger partial charge in [0.05, 0.1) is 25.7 Å². The summed E-state index contributed by atoms with van der Waals surface area (Å²) in [7, 11) is 0. The van der Waals surface area contributed by atoms with Gasteiger partial charge in [-0.25, -0.2) is 0 Å². The van der Waals surface area contributed by atoms with Crippen molar-refractivity contribution in [2.24, 2.45) is 17.6 Å². The Kier molecular flexibility index (Phi) is 2.62. The van der Waals surface area contributed by atoms with Crippen LogP contribution in [-0.4, -0.2) is 38.3 Å². The molecule has 74 valence electrons. The Labute approximate surface area is 77.4 Å². The highest BCUT2D eigenvalue weighted by Crippen LogP contribution is 2.22. The summed E-state index contributed by atoms with van der Waals surface area (Å²) in [4.78, 5) is 11.8. The molecule has 0 spiro atoms. The number of nitrogens with two attached hydrogens (primary N) is 1. The molecule has 0 radical (unpaired) electrons. The molecule has 2 N–H and O–H groups in total. The molecule has 0 aromatic heterocycles. The average Bonchev–Trinajstić information content (AvgIpc) is 2.72. The lowest BCUT2D eigenvalue weighted by atomic mass is 9.89. The molecule has 0 amide bonds. The Bertz CT molecular complexity index is 201. The van der Waals surface area contributed by atoms with E-state index in [1.54, 1.807) is 0 Å². The van der Waals surface area contributed by atoms with Gasteiger partial charge in [0.2, 0.25) is 0 Å². The fraction of sp³-hybridized carbons (Fsp3) is 0.889. The minimum Gasteiger partial charge on any atom is -0.381 e. The normalized spacial score (nSPS) is 39.6. The van der Waals surface area contributed by atoms with Gasteiger partial charge in [-0.05, 0) is 6.42 Å². The van der Waals surface area contributed by atoms with Gasteiger partial charge in [-0.3, -0.25) is 4.79 Å². The van der Waals surface area contributed by atoms with E-state index in [1.165, 1.54) is 0 Å². The van der Waals surface area contributed by atoms with E-state index < -0.39 is 0 Å². The lowest BCUT2D eigenvalue weighted by Crippen LogP contribution is -2.37. The predicted molar refractivity (Wildman–Crippen MR) is 46.2 cm³/mol. The number of carbonyl (C=O) groups excluding carboxylic acids is 1.